The van der Waals surface area contributed by atoms with Crippen molar-refractivity contribution in [3.63, 3.8) is 0 Å². The molecule has 0 unspecified atom stereocenters. The summed E-state index contributed by atoms with van der Waals surface area (Å²) in [6.07, 6.45) is 0.250. The fourth-order valence-electron chi connectivity index (χ4n) is 2.54. The highest BCUT2D eigenvalue weighted by molar-refractivity contribution is 5.94. The minimum Gasteiger partial charge on any atom is -0.497 e. The third-order valence-electron chi connectivity index (χ3n) is 3.76. The number of hydrogen-bond acceptors (Lipinski definition) is 4. The van der Waals surface area contributed by atoms with Crippen molar-refractivity contribution in [3.8, 4) is 5.75 Å². The zero-order valence-corrected chi connectivity index (χ0v) is 13.5. The van der Waals surface area contributed by atoms with Crippen molar-refractivity contribution in [3.05, 3.63) is 70.1 Å². The van der Waals surface area contributed by atoms with E-state index < -0.39 is 5.63 Å². The summed E-state index contributed by atoms with van der Waals surface area (Å²) in [4.78, 5) is 23.6. The number of benzene rings is 2. The van der Waals surface area contributed by atoms with Crippen LogP contribution in [0.3, 0.4) is 0 Å². The van der Waals surface area contributed by atoms with Gasteiger partial charge in [-0.1, -0.05) is 12.1 Å². The van der Waals surface area contributed by atoms with E-state index >= 15 is 0 Å². The van der Waals surface area contributed by atoms with E-state index in [0.717, 1.165) is 22.3 Å². The normalized spacial score (nSPS) is 10.6. The van der Waals surface area contributed by atoms with Crippen LogP contribution in [0.25, 0.3) is 11.0 Å². The molecule has 0 saturated heterocycles. The number of aryl methyl sites for hydroxylation is 1. The standard InChI is InChI=1S/C19H17NO4/c1-12-9-19(22)24-17-11-14(5-8-16(12)17)20-18(21)10-13-3-6-15(23-2)7-4-13/h3-9,11H,10H2,1-2H3,(H,20,21). The highest BCUT2D eigenvalue weighted by Crippen LogP contribution is 2.21. The first-order valence-corrected chi connectivity index (χ1v) is 7.52. The monoisotopic (exact) mass is 323 g/mol. The summed E-state index contributed by atoms with van der Waals surface area (Å²) in [5, 5.41) is 3.67. The summed E-state index contributed by atoms with van der Waals surface area (Å²) in [6.45, 7) is 1.85. The summed E-state index contributed by atoms with van der Waals surface area (Å²) in [5.74, 6) is 0.605. The Kier molecular flexibility index (Phi) is 4.33. The number of carbonyl (C=O) groups is 1. The van der Waals surface area contributed by atoms with Gasteiger partial charge in [0.1, 0.15) is 11.3 Å². The predicted molar refractivity (Wildman–Crippen MR) is 92.5 cm³/mol. The summed E-state index contributed by atoms with van der Waals surface area (Å²) < 4.78 is 10.3. The smallest absolute Gasteiger partial charge is 0.336 e. The Bertz CT molecular complexity index is 942. The molecular formula is C19H17NO4. The van der Waals surface area contributed by atoms with Crippen LogP contribution in [-0.2, 0) is 11.2 Å². The zero-order valence-electron chi connectivity index (χ0n) is 13.5. The Balaban J connectivity index is 1.76. The molecule has 0 saturated carbocycles. The molecular weight excluding hydrogens is 306 g/mol. The van der Waals surface area contributed by atoms with Crippen molar-refractivity contribution in [2.75, 3.05) is 12.4 Å². The lowest BCUT2D eigenvalue weighted by Gasteiger charge is -2.07. The Morgan fingerprint density at radius 3 is 2.58 bits per heavy atom. The molecule has 0 aliphatic carbocycles. The van der Waals surface area contributed by atoms with Gasteiger partial charge in [0, 0.05) is 23.2 Å². The number of anilines is 1. The predicted octanol–water partition coefficient (Wildman–Crippen LogP) is 3.29. The number of nitrogens with one attached hydrogen (secondary N) is 1. The zero-order chi connectivity index (χ0) is 17.1. The number of amides is 1. The topological polar surface area (TPSA) is 68.5 Å². The average molecular weight is 323 g/mol. The molecule has 2 aromatic carbocycles. The third kappa shape index (κ3) is 3.46. The molecule has 0 fully saturated rings. The van der Waals surface area contributed by atoms with Crippen LogP contribution < -0.4 is 15.7 Å². The highest BCUT2D eigenvalue weighted by atomic mass is 16.5. The number of carbonyl (C=O) groups excluding carboxylic acids is 1. The van der Waals surface area contributed by atoms with Gasteiger partial charge >= 0.3 is 5.63 Å². The van der Waals surface area contributed by atoms with Crippen LogP contribution in [0.4, 0.5) is 5.69 Å². The first kappa shape index (κ1) is 15.8. The Morgan fingerprint density at radius 1 is 1.12 bits per heavy atom. The van der Waals surface area contributed by atoms with E-state index in [1.165, 1.54) is 6.07 Å². The van der Waals surface area contributed by atoms with Crippen LogP contribution in [0.1, 0.15) is 11.1 Å². The second-order valence-corrected chi connectivity index (χ2v) is 5.53. The summed E-state index contributed by atoms with van der Waals surface area (Å²) >= 11 is 0. The third-order valence-corrected chi connectivity index (χ3v) is 3.76. The van der Waals surface area contributed by atoms with Crippen molar-refractivity contribution in [2.24, 2.45) is 0 Å². The van der Waals surface area contributed by atoms with Gasteiger partial charge in [-0.15, -0.1) is 0 Å². The van der Waals surface area contributed by atoms with Gasteiger partial charge in [0.05, 0.1) is 13.5 Å². The van der Waals surface area contributed by atoms with Gasteiger partial charge in [0.2, 0.25) is 5.91 Å². The van der Waals surface area contributed by atoms with E-state index in [9.17, 15) is 9.59 Å². The highest BCUT2D eigenvalue weighted by Gasteiger charge is 2.07. The lowest BCUT2D eigenvalue weighted by atomic mass is 10.1. The van der Waals surface area contributed by atoms with Crippen LogP contribution in [-0.4, -0.2) is 13.0 Å². The molecule has 1 aromatic heterocycles. The first-order valence-electron chi connectivity index (χ1n) is 7.52. The number of rotatable bonds is 4. The number of ether oxygens (including phenoxy) is 1. The van der Waals surface area contributed by atoms with Crippen molar-refractivity contribution < 1.29 is 13.9 Å². The fraction of sp³-hybridized carbons (Fsp3) is 0.158. The quantitative estimate of drug-likeness (QED) is 0.748. The minimum absolute atomic E-state index is 0.144. The van der Waals surface area contributed by atoms with E-state index in [-0.39, 0.29) is 12.3 Å². The molecule has 122 valence electrons. The molecule has 0 atom stereocenters. The molecule has 3 rings (SSSR count). The van der Waals surface area contributed by atoms with Crippen LogP contribution in [0.15, 0.2) is 57.7 Å². The Labute approximate surface area is 138 Å². The van der Waals surface area contributed by atoms with Crippen LogP contribution in [0.5, 0.6) is 5.75 Å². The van der Waals surface area contributed by atoms with Gasteiger partial charge in [-0.05, 0) is 42.3 Å². The van der Waals surface area contributed by atoms with Gasteiger partial charge in [-0.2, -0.15) is 0 Å². The summed E-state index contributed by atoms with van der Waals surface area (Å²) in [6, 6.07) is 14.1. The molecule has 3 aromatic rings. The molecule has 1 amide bonds. The van der Waals surface area contributed by atoms with E-state index in [0.29, 0.717) is 11.3 Å². The van der Waals surface area contributed by atoms with Crippen molar-refractivity contribution in [1.29, 1.82) is 0 Å². The SMILES string of the molecule is COc1ccc(CC(=O)Nc2ccc3c(C)cc(=O)oc3c2)cc1. The fourth-order valence-corrected chi connectivity index (χ4v) is 2.54. The largest absolute Gasteiger partial charge is 0.497 e. The van der Waals surface area contributed by atoms with Crippen molar-refractivity contribution in [1.82, 2.24) is 0 Å². The molecule has 0 bridgehead atoms. The molecule has 5 nitrogen and oxygen atoms in total. The lowest BCUT2D eigenvalue weighted by Crippen LogP contribution is -2.14. The van der Waals surface area contributed by atoms with E-state index in [1.807, 2.05) is 37.3 Å². The van der Waals surface area contributed by atoms with Gasteiger partial charge in [-0.3, -0.25) is 4.79 Å². The van der Waals surface area contributed by atoms with Crippen molar-refractivity contribution in [2.45, 2.75) is 13.3 Å². The van der Waals surface area contributed by atoms with Crippen molar-refractivity contribution >= 4 is 22.6 Å². The maximum atomic E-state index is 12.2. The molecule has 1 N–H and O–H groups in total. The Hall–Kier alpha value is -3.08. The average Bonchev–Trinajstić information content (AvgIpc) is 2.55. The lowest BCUT2D eigenvalue weighted by molar-refractivity contribution is -0.115. The van der Waals surface area contributed by atoms with Gasteiger partial charge < -0.3 is 14.5 Å². The number of hydrogen-bond donors (Lipinski definition) is 1. The molecule has 0 radical (unpaired) electrons. The van der Waals surface area contributed by atoms with E-state index in [4.69, 9.17) is 9.15 Å². The minimum atomic E-state index is -0.401. The molecule has 0 aliphatic heterocycles. The molecule has 1 heterocycles. The van der Waals surface area contributed by atoms with Gasteiger partial charge in [-0.25, -0.2) is 4.79 Å². The van der Waals surface area contributed by atoms with Crippen LogP contribution >= 0.6 is 0 Å². The number of fused-ring (bicyclic) bond motifs is 1. The van der Waals surface area contributed by atoms with Crippen LogP contribution in [0.2, 0.25) is 0 Å². The van der Waals surface area contributed by atoms with E-state index in [2.05, 4.69) is 5.32 Å². The van der Waals surface area contributed by atoms with Gasteiger partial charge in [0.25, 0.3) is 0 Å². The maximum Gasteiger partial charge on any atom is 0.336 e. The molecule has 0 aliphatic rings. The first-order chi connectivity index (χ1) is 11.5. The van der Waals surface area contributed by atoms with E-state index in [1.54, 1.807) is 19.2 Å². The van der Waals surface area contributed by atoms with Gasteiger partial charge in [0.15, 0.2) is 0 Å². The summed E-state index contributed by atoms with van der Waals surface area (Å²) in [7, 11) is 1.60. The Morgan fingerprint density at radius 2 is 1.88 bits per heavy atom. The second-order valence-electron chi connectivity index (χ2n) is 5.53. The summed E-state index contributed by atoms with van der Waals surface area (Å²) in [5.41, 5.74) is 2.38. The molecule has 5 heteroatoms. The van der Waals surface area contributed by atoms with Crippen LogP contribution in [0, 0.1) is 6.92 Å². The second kappa shape index (κ2) is 6.58. The number of methoxy groups -OCH3 is 1. The molecule has 24 heavy (non-hydrogen) atoms. The molecule has 0 spiro atoms. The maximum absolute atomic E-state index is 12.2.